The second-order valence-corrected chi connectivity index (χ2v) is 4.87. The van der Waals surface area contributed by atoms with Crippen molar-refractivity contribution in [3.05, 3.63) is 54.6 Å². The van der Waals surface area contributed by atoms with Crippen molar-refractivity contribution in [2.45, 2.75) is 6.42 Å². The van der Waals surface area contributed by atoms with Crippen LogP contribution in [-0.4, -0.2) is 32.1 Å². The van der Waals surface area contributed by atoms with Crippen LogP contribution in [0.2, 0.25) is 0 Å². The maximum Gasteiger partial charge on any atom is 0.169 e. The van der Waals surface area contributed by atoms with Crippen molar-refractivity contribution in [2.75, 3.05) is 27.2 Å². The molecule has 0 radical (unpaired) electrons. The van der Waals surface area contributed by atoms with Crippen molar-refractivity contribution >= 4 is 0 Å². The summed E-state index contributed by atoms with van der Waals surface area (Å²) in [6.07, 6.45) is 0.993. The molecule has 0 heterocycles. The fraction of sp³-hybridized carbons (Fsp3) is 0.294. The van der Waals surface area contributed by atoms with E-state index < -0.39 is 0 Å². The Morgan fingerprint density at radius 2 is 1.50 bits per heavy atom. The fourth-order valence-corrected chi connectivity index (χ4v) is 1.83. The lowest BCUT2D eigenvalue weighted by Crippen LogP contribution is -2.15. The highest BCUT2D eigenvalue weighted by atomic mass is 16.5. The van der Waals surface area contributed by atoms with Gasteiger partial charge < -0.3 is 14.4 Å². The Morgan fingerprint density at radius 3 is 2.20 bits per heavy atom. The number of para-hydroxylation sites is 3. The summed E-state index contributed by atoms with van der Waals surface area (Å²) >= 11 is 0. The van der Waals surface area contributed by atoms with Crippen LogP contribution in [-0.2, 0) is 0 Å². The van der Waals surface area contributed by atoms with Crippen LogP contribution in [0.25, 0.3) is 0 Å². The van der Waals surface area contributed by atoms with E-state index in [2.05, 4.69) is 19.0 Å². The summed E-state index contributed by atoms with van der Waals surface area (Å²) in [6.45, 7) is 1.70. The first-order valence-electron chi connectivity index (χ1n) is 6.85. The molecule has 3 nitrogen and oxygen atoms in total. The van der Waals surface area contributed by atoms with Crippen LogP contribution < -0.4 is 9.47 Å². The Labute approximate surface area is 120 Å². The van der Waals surface area contributed by atoms with Gasteiger partial charge in [-0.05, 0) is 44.8 Å². The van der Waals surface area contributed by atoms with Gasteiger partial charge in [-0.2, -0.15) is 0 Å². The second kappa shape index (κ2) is 7.56. The Bertz CT molecular complexity index is 511. The topological polar surface area (TPSA) is 21.7 Å². The predicted octanol–water partition coefficient (Wildman–Crippen LogP) is 3.81. The molecule has 2 aromatic rings. The van der Waals surface area contributed by atoms with Crippen LogP contribution in [0.1, 0.15) is 6.42 Å². The third-order valence-corrected chi connectivity index (χ3v) is 2.83. The molecule has 0 bridgehead atoms. The lowest BCUT2D eigenvalue weighted by Gasteiger charge is -2.13. The lowest BCUT2D eigenvalue weighted by molar-refractivity contribution is 0.272. The average molecular weight is 271 g/mol. The summed E-state index contributed by atoms with van der Waals surface area (Å²) in [5, 5.41) is 0. The van der Waals surface area contributed by atoms with Crippen LogP contribution in [0.15, 0.2) is 54.6 Å². The molecule has 3 heteroatoms. The van der Waals surface area contributed by atoms with Gasteiger partial charge in [-0.3, -0.25) is 0 Å². The molecular weight excluding hydrogens is 250 g/mol. The molecule has 0 aliphatic carbocycles. The molecule has 106 valence electrons. The van der Waals surface area contributed by atoms with Gasteiger partial charge in [-0.25, -0.2) is 0 Å². The average Bonchev–Trinajstić information content (AvgIpc) is 2.46. The predicted molar refractivity (Wildman–Crippen MR) is 81.6 cm³/mol. The van der Waals surface area contributed by atoms with Gasteiger partial charge in [-0.15, -0.1) is 0 Å². The minimum absolute atomic E-state index is 0.688. The lowest BCUT2D eigenvalue weighted by atomic mass is 10.3. The minimum atomic E-state index is 0.688. The number of rotatable bonds is 7. The largest absolute Gasteiger partial charge is 0.490 e. The number of ether oxygens (including phenoxy) is 2. The van der Waals surface area contributed by atoms with Crippen LogP contribution in [0.4, 0.5) is 0 Å². The van der Waals surface area contributed by atoms with Gasteiger partial charge in [0.05, 0.1) is 6.61 Å². The van der Waals surface area contributed by atoms with Crippen molar-refractivity contribution in [1.82, 2.24) is 4.90 Å². The van der Waals surface area contributed by atoms with Gasteiger partial charge >= 0.3 is 0 Å². The molecule has 0 saturated carbocycles. The highest BCUT2D eigenvalue weighted by molar-refractivity contribution is 5.42. The zero-order valence-corrected chi connectivity index (χ0v) is 12.1. The zero-order chi connectivity index (χ0) is 14.2. The number of benzene rings is 2. The van der Waals surface area contributed by atoms with Crippen LogP contribution in [0.5, 0.6) is 17.2 Å². The molecule has 0 aromatic heterocycles. The maximum absolute atomic E-state index is 5.85. The van der Waals surface area contributed by atoms with Crippen LogP contribution in [0, 0.1) is 0 Å². The standard InChI is InChI=1S/C17H21NO2/c1-18(2)13-8-14-19-16-11-6-7-12-17(16)20-15-9-4-3-5-10-15/h3-7,9-12H,8,13-14H2,1-2H3. The van der Waals surface area contributed by atoms with Crippen LogP contribution >= 0.6 is 0 Å². The number of nitrogens with zero attached hydrogens (tertiary/aromatic N) is 1. The summed E-state index contributed by atoms with van der Waals surface area (Å²) in [4.78, 5) is 2.15. The minimum Gasteiger partial charge on any atom is -0.490 e. The first kappa shape index (κ1) is 14.4. The summed E-state index contributed by atoms with van der Waals surface area (Å²) in [5.74, 6) is 2.36. The molecule has 0 amide bonds. The third-order valence-electron chi connectivity index (χ3n) is 2.83. The molecule has 0 aliphatic heterocycles. The molecular formula is C17H21NO2. The zero-order valence-electron chi connectivity index (χ0n) is 12.1. The number of hydrogen-bond acceptors (Lipinski definition) is 3. The van der Waals surface area contributed by atoms with Crippen molar-refractivity contribution in [3.63, 3.8) is 0 Å². The molecule has 20 heavy (non-hydrogen) atoms. The third kappa shape index (κ3) is 4.59. The van der Waals surface area contributed by atoms with Gasteiger partial charge in [0, 0.05) is 6.54 Å². The molecule has 0 fully saturated rings. The van der Waals surface area contributed by atoms with E-state index in [1.807, 2.05) is 54.6 Å². The van der Waals surface area contributed by atoms with Gasteiger partial charge in [-0.1, -0.05) is 30.3 Å². The SMILES string of the molecule is CN(C)CCCOc1ccccc1Oc1ccccc1. The molecule has 0 aliphatic rings. The Balaban J connectivity index is 1.96. The Morgan fingerprint density at radius 1 is 0.850 bits per heavy atom. The first-order valence-corrected chi connectivity index (χ1v) is 6.85. The quantitative estimate of drug-likeness (QED) is 0.715. The van der Waals surface area contributed by atoms with Gasteiger partial charge in [0.1, 0.15) is 5.75 Å². The van der Waals surface area contributed by atoms with Gasteiger partial charge in [0.15, 0.2) is 11.5 Å². The highest BCUT2D eigenvalue weighted by Crippen LogP contribution is 2.31. The van der Waals surface area contributed by atoms with Crippen molar-refractivity contribution in [2.24, 2.45) is 0 Å². The molecule has 2 aromatic carbocycles. The van der Waals surface area contributed by atoms with E-state index >= 15 is 0 Å². The number of hydrogen-bond donors (Lipinski definition) is 0. The van der Waals surface area contributed by atoms with E-state index in [0.29, 0.717) is 6.61 Å². The monoisotopic (exact) mass is 271 g/mol. The molecule has 0 saturated heterocycles. The maximum atomic E-state index is 5.85. The summed E-state index contributed by atoms with van der Waals surface area (Å²) in [5.41, 5.74) is 0. The van der Waals surface area contributed by atoms with Crippen molar-refractivity contribution < 1.29 is 9.47 Å². The molecule has 0 N–H and O–H groups in total. The summed E-state index contributed by atoms with van der Waals surface area (Å²) < 4.78 is 11.7. The molecule has 0 spiro atoms. The van der Waals surface area contributed by atoms with Crippen LogP contribution in [0.3, 0.4) is 0 Å². The first-order chi connectivity index (χ1) is 9.75. The fourth-order valence-electron chi connectivity index (χ4n) is 1.83. The highest BCUT2D eigenvalue weighted by Gasteiger charge is 2.05. The van der Waals surface area contributed by atoms with E-state index in [1.54, 1.807) is 0 Å². The Kier molecular flexibility index (Phi) is 5.44. The molecule has 0 atom stereocenters. The van der Waals surface area contributed by atoms with E-state index in [-0.39, 0.29) is 0 Å². The van der Waals surface area contributed by atoms with E-state index in [1.165, 1.54) is 0 Å². The molecule has 0 unspecified atom stereocenters. The van der Waals surface area contributed by atoms with E-state index in [0.717, 1.165) is 30.2 Å². The smallest absolute Gasteiger partial charge is 0.169 e. The molecule has 2 rings (SSSR count). The summed E-state index contributed by atoms with van der Waals surface area (Å²) in [7, 11) is 4.12. The summed E-state index contributed by atoms with van der Waals surface area (Å²) in [6, 6.07) is 17.5. The Hall–Kier alpha value is -2.00. The second-order valence-electron chi connectivity index (χ2n) is 4.87. The van der Waals surface area contributed by atoms with E-state index in [4.69, 9.17) is 9.47 Å². The van der Waals surface area contributed by atoms with E-state index in [9.17, 15) is 0 Å². The van der Waals surface area contributed by atoms with Crippen molar-refractivity contribution in [3.8, 4) is 17.2 Å². The normalized spacial score (nSPS) is 10.6. The van der Waals surface area contributed by atoms with Gasteiger partial charge in [0.25, 0.3) is 0 Å². The van der Waals surface area contributed by atoms with Crippen molar-refractivity contribution in [1.29, 1.82) is 0 Å². The van der Waals surface area contributed by atoms with Gasteiger partial charge in [0.2, 0.25) is 0 Å².